The van der Waals surface area contributed by atoms with Crippen LogP contribution in [0.4, 0.5) is 114 Å². The molecule has 0 spiro atoms. The van der Waals surface area contributed by atoms with Gasteiger partial charge in [0.1, 0.15) is 0 Å². The molecule has 3 fully saturated rings. The van der Waals surface area contributed by atoms with Gasteiger partial charge in [0.25, 0.3) is 11.3 Å². The maximum atomic E-state index is 15.5. The summed E-state index contributed by atoms with van der Waals surface area (Å²) in [5.41, 5.74) is -38.7. The van der Waals surface area contributed by atoms with Crippen molar-refractivity contribution in [3.05, 3.63) is 0 Å². The Bertz CT molecular complexity index is 1360. The van der Waals surface area contributed by atoms with E-state index in [1.165, 1.54) is 0 Å². The van der Waals surface area contributed by atoms with Crippen molar-refractivity contribution in [3.63, 3.8) is 0 Å². The second-order valence-corrected chi connectivity index (χ2v) is 14.5. The second kappa shape index (κ2) is 11.4. The lowest BCUT2D eigenvalue weighted by atomic mass is 9.46. The van der Waals surface area contributed by atoms with Crippen molar-refractivity contribution in [2.24, 2.45) is 23.7 Å². The first-order chi connectivity index (χ1) is 23.0. The van der Waals surface area contributed by atoms with Crippen LogP contribution in [-0.2, 0) is 0 Å². The van der Waals surface area contributed by atoms with Crippen molar-refractivity contribution < 1.29 is 114 Å². The van der Waals surface area contributed by atoms with E-state index in [1.807, 2.05) is 0 Å². The average Bonchev–Trinajstić information content (AvgIpc) is 2.99. The van der Waals surface area contributed by atoms with Crippen LogP contribution in [0.1, 0.15) is 55.4 Å². The number of hydrogen-bond acceptors (Lipinski definition) is 0. The Hall–Kier alpha value is -1.82. The second-order valence-electron chi connectivity index (χ2n) is 14.5. The molecule has 0 bridgehead atoms. The van der Waals surface area contributed by atoms with Gasteiger partial charge in [-0.2, -0.15) is 87.8 Å². The first-order valence-corrected chi connectivity index (χ1v) is 14.9. The lowest BCUT2D eigenvalue weighted by Crippen LogP contribution is -3.00. The number of rotatable bonds is 4. The van der Waals surface area contributed by atoms with Crippen LogP contribution in [0.2, 0.25) is 0 Å². The first kappa shape index (κ1) is 48.3. The molecule has 0 aromatic heterocycles. The van der Waals surface area contributed by atoms with Gasteiger partial charge in [-0.1, -0.05) is 55.4 Å². The Morgan fingerprint density at radius 1 is 0.185 bits per heavy atom. The van der Waals surface area contributed by atoms with E-state index < -0.39 is 117 Å². The van der Waals surface area contributed by atoms with Crippen LogP contribution in [0.5, 0.6) is 0 Å². The van der Waals surface area contributed by atoms with Gasteiger partial charge in [-0.25, -0.2) is 26.3 Å². The first-order valence-electron chi connectivity index (χ1n) is 14.9. The molecule has 0 nitrogen and oxygen atoms in total. The fraction of sp³-hybridized carbons (Fsp3) is 1.00. The lowest BCUT2D eigenvalue weighted by molar-refractivity contribution is -0.545. The number of alkyl halides is 26. The summed E-state index contributed by atoms with van der Waals surface area (Å²) in [5.74, 6) is -84.3. The molecule has 3 rings (SSSR count). The standard InChI is InChI=1S/C16H14F16.C12H14F10/c1-5(2)7(17)8(18,6(3)4)12(23,24)10(20)9(19,11(7,21)22)13(25,26)15(29,30)16(31,32)14(10,27)28;1-5(2)7(13)8(14,6(3)4)10(17,18)12(21,22)11(19,20)9(7,15)16/h5-6H,1-4H3;5-6H,1-4H3. The fourth-order valence-electron chi connectivity index (χ4n) is 7.48. The summed E-state index contributed by atoms with van der Waals surface area (Å²) in [6, 6.07) is 0. The van der Waals surface area contributed by atoms with Crippen LogP contribution in [0.25, 0.3) is 0 Å². The molecule has 0 aliphatic heterocycles. The Kier molecular flexibility index (Phi) is 10.2. The van der Waals surface area contributed by atoms with E-state index in [-0.39, 0.29) is 27.7 Å². The van der Waals surface area contributed by atoms with Crippen LogP contribution < -0.4 is 0 Å². The van der Waals surface area contributed by atoms with Crippen molar-refractivity contribution in [3.8, 4) is 0 Å². The molecule has 6 unspecified atom stereocenters. The molecule has 3 aliphatic rings. The highest BCUT2D eigenvalue weighted by Gasteiger charge is 3.14. The maximum absolute atomic E-state index is 15.5. The Morgan fingerprint density at radius 3 is 0.463 bits per heavy atom. The summed E-state index contributed by atoms with van der Waals surface area (Å²) < 4.78 is 370. The highest BCUT2D eigenvalue weighted by atomic mass is 19.4. The van der Waals surface area contributed by atoms with Crippen molar-refractivity contribution >= 4 is 0 Å². The third-order valence-corrected chi connectivity index (χ3v) is 10.6. The zero-order valence-electron chi connectivity index (χ0n) is 28.1. The smallest absolute Gasteiger partial charge is 0.233 e. The molecule has 6 atom stereocenters. The largest absolute Gasteiger partial charge is 0.382 e. The minimum Gasteiger partial charge on any atom is -0.233 e. The van der Waals surface area contributed by atoms with Crippen molar-refractivity contribution in [2.75, 3.05) is 0 Å². The number of fused-ring (bicyclic) bond motifs is 1. The summed E-state index contributed by atoms with van der Waals surface area (Å²) >= 11 is 0. The van der Waals surface area contributed by atoms with Gasteiger partial charge in [0.05, 0.1) is 0 Å². The summed E-state index contributed by atoms with van der Waals surface area (Å²) in [6.45, 7) is 1.89. The van der Waals surface area contributed by atoms with E-state index in [0.717, 1.165) is 0 Å². The average molecular weight is 858 g/mol. The summed E-state index contributed by atoms with van der Waals surface area (Å²) in [7, 11) is 0. The summed E-state index contributed by atoms with van der Waals surface area (Å²) in [5, 5.41) is 0. The molecule has 0 heterocycles. The molecule has 0 saturated heterocycles. The molecule has 322 valence electrons. The minimum atomic E-state index is -8.10. The quantitative estimate of drug-likeness (QED) is 0.247. The molecule has 0 N–H and O–H groups in total. The van der Waals surface area contributed by atoms with Gasteiger partial charge in [0.2, 0.25) is 22.7 Å². The van der Waals surface area contributed by atoms with Gasteiger partial charge < -0.3 is 0 Å². The predicted molar refractivity (Wildman–Crippen MR) is 132 cm³/mol. The van der Waals surface area contributed by atoms with Gasteiger partial charge in [-0.15, -0.1) is 0 Å². The Balaban J connectivity index is 0.000000401. The van der Waals surface area contributed by atoms with Gasteiger partial charge in [0.15, 0.2) is 0 Å². The maximum Gasteiger partial charge on any atom is 0.382 e. The van der Waals surface area contributed by atoms with Crippen LogP contribution >= 0.6 is 0 Å². The van der Waals surface area contributed by atoms with Gasteiger partial charge in [-0.3, -0.25) is 0 Å². The molecule has 0 aromatic carbocycles. The van der Waals surface area contributed by atoms with Crippen LogP contribution in [-0.4, -0.2) is 93.2 Å². The fourth-order valence-corrected chi connectivity index (χ4v) is 7.48. The summed E-state index contributed by atoms with van der Waals surface area (Å²) in [4.78, 5) is 0. The Morgan fingerprint density at radius 2 is 0.315 bits per heavy atom. The van der Waals surface area contributed by atoms with Crippen molar-refractivity contribution in [1.29, 1.82) is 0 Å². The highest BCUT2D eigenvalue weighted by molar-refractivity contribution is 5.45. The predicted octanol–water partition coefficient (Wildman–Crippen LogP) is 12.2. The summed E-state index contributed by atoms with van der Waals surface area (Å²) in [6.07, 6.45) is 0. The van der Waals surface area contributed by atoms with Crippen LogP contribution in [0.15, 0.2) is 0 Å². The van der Waals surface area contributed by atoms with Crippen molar-refractivity contribution in [2.45, 2.75) is 149 Å². The highest BCUT2D eigenvalue weighted by Crippen LogP contribution is 2.82. The van der Waals surface area contributed by atoms with E-state index in [2.05, 4.69) is 0 Å². The number of halogens is 26. The van der Waals surface area contributed by atoms with E-state index in [4.69, 9.17) is 0 Å². The van der Waals surface area contributed by atoms with Crippen LogP contribution in [0, 0.1) is 23.7 Å². The minimum absolute atomic E-state index is 0.0289. The molecule has 0 amide bonds. The van der Waals surface area contributed by atoms with Gasteiger partial charge in [-0.05, 0) is 23.7 Å². The molecule has 0 aromatic rings. The van der Waals surface area contributed by atoms with E-state index in [0.29, 0.717) is 27.7 Å². The molecular weight excluding hydrogens is 830 g/mol. The lowest BCUT2D eigenvalue weighted by Gasteiger charge is -2.67. The molecule has 26 heteroatoms. The van der Waals surface area contributed by atoms with E-state index in [9.17, 15) is 96.6 Å². The van der Waals surface area contributed by atoms with Crippen LogP contribution in [0.3, 0.4) is 0 Å². The topological polar surface area (TPSA) is 0 Å². The van der Waals surface area contributed by atoms with Crippen molar-refractivity contribution in [1.82, 2.24) is 0 Å². The Labute approximate surface area is 287 Å². The third kappa shape index (κ3) is 3.95. The van der Waals surface area contributed by atoms with E-state index in [1.54, 1.807) is 0 Å². The third-order valence-electron chi connectivity index (χ3n) is 10.6. The van der Waals surface area contributed by atoms with Gasteiger partial charge >= 0.3 is 59.2 Å². The molecule has 3 saturated carbocycles. The monoisotopic (exact) mass is 858 g/mol. The van der Waals surface area contributed by atoms with Gasteiger partial charge in [0, 0.05) is 0 Å². The molecule has 54 heavy (non-hydrogen) atoms. The zero-order valence-corrected chi connectivity index (χ0v) is 28.1. The normalized spacial score (nSPS) is 43.0. The number of hydrogen-bond donors (Lipinski definition) is 0. The zero-order chi connectivity index (χ0) is 44.3. The molecule has 3 aliphatic carbocycles. The SMILES string of the molecule is CC(C)C1(F)C(F)(F)C(F)(F)C(F)(F)C(F)(F)C1(F)C(C)C.CC(C)C1(F)C(F)(F)C2(F)C(F)(F)C(F)(F)C(F)(F)C(F)(F)C2(F)C(F)(F)C1(F)C(C)C. The molecule has 0 radical (unpaired) electrons. The molecular formula is C28H28F26. The van der Waals surface area contributed by atoms with E-state index >= 15 is 17.6 Å².